The quantitative estimate of drug-likeness (QED) is 0.0776. The van der Waals surface area contributed by atoms with E-state index in [1.54, 1.807) is 45.6 Å². The van der Waals surface area contributed by atoms with Crippen LogP contribution < -0.4 is 60.1 Å². The zero-order valence-corrected chi connectivity index (χ0v) is 42.2. The van der Waals surface area contributed by atoms with Gasteiger partial charge < -0.3 is 60.1 Å². The smallest absolute Gasteiger partial charge is 0.141 e. The molecule has 0 heterocycles. The molecule has 0 aliphatic carbocycles. The standard InChI is InChI=1S/2C8H11N.3C7H9NO.3C7H9N/c1-6-3-7(2)5-8(9)4-6;1-6-3-4-8(9)5-7(6)2;1-9-7-4-2-6(8)3-5-7;1-9-7-4-2-3-6(8)5-7;1-9-7-5-3-2-4-6(7)8;1-6-2-4-7(8)5-3-6;1-6-3-2-4-7(8)5-6;1-6-4-2-3-5-7(6)8/h2*3-5H,9H2,1-2H3;3*2-5H,8H2,1H3;3*2-5H,8H2,1H3. The first-order valence-electron chi connectivity index (χ1n) is 22.1. The lowest BCUT2D eigenvalue weighted by molar-refractivity contribution is 0.415. The van der Waals surface area contributed by atoms with Crippen molar-refractivity contribution in [2.45, 2.75) is 48.5 Å². The first kappa shape index (κ1) is 58.6. The average Bonchev–Trinajstić information content (AvgIpc) is 3.31. The van der Waals surface area contributed by atoms with Crippen molar-refractivity contribution in [3.63, 3.8) is 0 Å². The van der Waals surface area contributed by atoms with Crippen LogP contribution in [-0.2, 0) is 0 Å². The number of hydrogen-bond donors (Lipinski definition) is 8. The van der Waals surface area contributed by atoms with E-state index in [0.717, 1.165) is 62.6 Å². The molecule has 69 heavy (non-hydrogen) atoms. The van der Waals surface area contributed by atoms with Gasteiger partial charge in [-0.25, -0.2) is 0 Å². The molecule has 0 aliphatic rings. The Morgan fingerprint density at radius 2 is 0.725 bits per heavy atom. The second kappa shape index (κ2) is 33.1. The highest BCUT2D eigenvalue weighted by atomic mass is 16.5. The van der Waals surface area contributed by atoms with Crippen LogP contribution >= 0.6 is 0 Å². The Hall–Kier alpha value is -8.44. The van der Waals surface area contributed by atoms with E-state index in [1.165, 1.54) is 33.4 Å². The highest BCUT2D eigenvalue weighted by molar-refractivity contribution is 5.52. The van der Waals surface area contributed by atoms with Crippen molar-refractivity contribution >= 4 is 45.5 Å². The zero-order chi connectivity index (χ0) is 51.7. The molecule has 0 bridgehead atoms. The largest absolute Gasteiger partial charge is 0.497 e. The number of nitrogen functional groups attached to an aromatic ring is 8. The summed E-state index contributed by atoms with van der Waals surface area (Å²) in [6, 6.07) is 57.3. The molecule has 0 atom stereocenters. The van der Waals surface area contributed by atoms with Crippen molar-refractivity contribution in [1.82, 2.24) is 0 Å². The van der Waals surface area contributed by atoms with Crippen molar-refractivity contribution < 1.29 is 14.2 Å². The van der Waals surface area contributed by atoms with Crippen LogP contribution in [-0.4, -0.2) is 21.3 Å². The number of aryl methyl sites for hydroxylation is 7. The highest BCUT2D eigenvalue weighted by Gasteiger charge is 1.93. The van der Waals surface area contributed by atoms with Gasteiger partial charge in [-0.2, -0.15) is 0 Å². The molecule has 0 saturated carbocycles. The first-order valence-corrected chi connectivity index (χ1v) is 22.1. The zero-order valence-electron chi connectivity index (χ0n) is 42.2. The van der Waals surface area contributed by atoms with Gasteiger partial charge >= 0.3 is 0 Å². The maximum atomic E-state index is 5.56. The molecule has 0 fully saturated rings. The number of anilines is 8. The minimum absolute atomic E-state index is 0.681. The summed E-state index contributed by atoms with van der Waals surface area (Å²) in [5, 5.41) is 0. The third-order valence-electron chi connectivity index (χ3n) is 9.43. The molecule has 11 nitrogen and oxygen atoms in total. The molecule has 0 amide bonds. The molecule has 11 heteroatoms. The summed E-state index contributed by atoms with van der Waals surface area (Å²) in [7, 11) is 4.85. The van der Waals surface area contributed by atoms with Gasteiger partial charge in [0.1, 0.15) is 17.2 Å². The Kier molecular flexibility index (Phi) is 28.1. The Morgan fingerprint density at radius 3 is 1.09 bits per heavy atom. The van der Waals surface area contributed by atoms with Crippen LogP contribution in [0.15, 0.2) is 182 Å². The van der Waals surface area contributed by atoms with Crippen LogP contribution in [0.4, 0.5) is 45.5 Å². The van der Waals surface area contributed by atoms with Gasteiger partial charge in [-0.15, -0.1) is 0 Å². The lowest BCUT2D eigenvalue weighted by Gasteiger charge is -2.00. The van der Waals surface area contributed by atoms with Gasteiger partial charge in [-0.3, -0.25) is 0 Å². The number of methoxy groups -OCH3 is 3. The van der Waals surface area contributed by atoms with Crippen molar-refractivity contribution in [3.8, 4) is 17.2 Å². The molecule has 0 spiro atoms. The van der Waals surface area contributed by atoms with Crippen LogP contribution in [0.3, 0.4) is 0 Å². The van der Waals surface area contributed by atoms with Crippen LogP contribution in [0.25, 0.3) is 0 Å². The number of nitrogens with two attached hydrogens (primary N) is 8. The molecule has 0 unspecified atom stereocenters. The second-order valence-electron chi connectivity index (χ2n) is 15.7. The van der Waals surface area contributed by atoms with Crippen molar-refractivity contribution in [2.24, 2.45) is 0 Å². The molecule has 8 aromatic rings. The van der Waals surface area contributed by atoms with E-state index >= 15 is 0 Å². The first-order chi connectivity index (χ1) is 32.8. The van der Waals surface area contributed by atoms with Crippen LogP contribution in [0.5, 0.6) is 17.2 Å². The SMILES string of the molecule is COc1ccc(N)cc1.COc1cccc(N)c1.COc1ccccc1N.Cc1cc(C)cc(N)c1.Cc1ccc(N)cc1.Cc1ccc(N)cc1C.Cc1cccc(N)c1.Cc1ccccc1N. The Labute approximate surface area is 412 Å². The number of hydrogen-bond acceptors (Lipinski definition) is 11. The fraction of sp³-hybridized carbons (Fsp3) is 0.172. The molecule has 8 rings (SSSR count). The molecule has 16 N–H and O–H groups in total. The van der Waals surface area contributed by atoms with Crippen molar-refractivity contribution in [2.75, 3.05) is 67.2 Å². The Bertz CT molecular complexity index is 2530. The molecular formula is C58H76N8O3. The molecular weight excluding hydrogens is 857 g/mol. The highest BCUT2D eigenvalue weighted by Crippen LogP contribution is 2.18. The minimum Gasteiger partial charge on any atom is -0.497 e. The van der Waals surface area contributed by atoms with Crippen molar-refractivity contribution in [3.05, 3.63) is 221 Å². The summed E-state index contributed by atoms with van der Waals surface area (Å²) in [4.78, 5) is 0. The summed E-state index contributed by atoms with van der Waals surface area (Å²) in [5.41, 5.74) is 58.9. The van der Waals surface area contributed by atoms with Crippen LogP contribution in [0.2, 0.25) is 0 Å². The third kappa shape index (κ3) is 27.6. The van der Waals surface area contributed by atoms with E-state index < -0.39 is 0 Å². The summed E-state index contributed by atoms with van der Waals surface area (Å²) in [6.07, 6.45) is 0. The van der Waals surface area contributed by atoms with Gasteiger partial charge in [-0.1, -0.05) is 78.4 Å². The van der Waals surface area contributed by atoms with Crippen molar-refractivity contribution in [1.29, 1.82) is 0 Å². The Balaban J connectivity index is 0.000000394. The van der Waals surface area contributed by atoms with Gasteiger partial charge in [-0.05, 0) is 185 Å². The van der Waals surface area contributed by atoms with Gasteiger partial charge in [0.25, 0.3) is 0 Å². The van der Waals surface area contributed by atoms with E-state index in [1.807, 2.05) is 186 Å². The lowest BCUT2D eigenvalue weighted by Crippen LogP contribution is -1.89. The number of benzene rings is 8. The van der Waals surface area contributed by atoms with Gasteiger partial charge in [0.05, 0.1) is 27.0 Å². The van der Waals surface area contributed by atoms with Crippen LogP contribution in [0, 0.1) is 48.5 Å². The molecule has 8 aromatic carbocycles. The summed E-state index contributed by atoms with van der Waals surface area (Å²) < 4.78 is 14.7. The third-order valence-corrected chi connectivity index (χ3v) is 9.43. The summed E-state index contributed by atoms with van der Waals surface area (Å²) in [5.74, 6) is 2.37. The monoisotopic (exact) mass is 933 g/mol. The second-order valence-corrected chi connectivity index (χ2v) is 15.7. The fourth-order valence-electron chi connectivity index (χ4n) is 5.51. The Morgan fingerprint density at radius 1 is 0.261 bits per heavy atom. The minimum atomic E-state index is 0.681. The van der Waals surface area contributed by atoms with Gasteiger partial charge in [0.2, 0.25) is 0 Å². The topological polar surface area (TPSA) is 236 Å². The number of rotatable bonds is 3. The van der Waals surface area contributed by atoms with Crippen LogP contribution in [0.1, 0.15) is 38.9 Å². The number of ether oxygens (including phenoxy) is 3. The van der Waals surface area contributed by atoms with E-state index in [2.05, 4.69) is 19.9 Å². The van der Waals surface area contributed by atoms with E-state index in [0.29, 0.717) is 5.69 Å². The van der Waals surface area contributed by atoms with E-state index in [4.69, 9.17) is 60.1 Å². The summed E-state index contributed by atoms with van der Waals surface area (Å²) in [6.45, 7) is 14.3. The molecule has 0 aliphatic heterocycles. The predicted molar refractivity (Wildman–Crippen MR) is 300 cm³/mol. The maximum Gasteiger partial charge on any atom is 0.141 e. The van der Waals surface area contributed by atoms with Gasteiger partial charge in [0, 0.05) is 45.9 Å². The molecule has 0 radical (unpaired) electrons. The predicted octanol–water partition coefficient (Wildman–Crippen LogP) is 12.3. The molecule has 0 saturated heterocycles. The average molecular weight is 933 g/mol. The maximum absolute atomic E-state index is 5.56. The van der Waals surface area contributed by atoms with Gasteiger partial charge in [0.15, 0.2) is 0 Å². The molecule has 0 aromatic heterocycles. The van der Waals surface area contributed by atoms with E-state index in [-0.39, 0.29) is 0 Å². The lowest BCUT2D eigenvalue weighted by atomic mass is 10.1. The molecule has 366 valence electrons. The fourth-order valence-corrected chi connectivity index (χ4v) is 5.51. The normalized spacial score (nSPS) is 9.19. The summed E-state index contributed by atoms with van der Waals surface area (Å²) >= 11 is 0. The van der Waals surface area contributed by atoms with E-state index in [9.17, 15) is 0 Å². The number of para-hydroxylation sites is 3.